The minimum absolute atomic E-state index is 0.375. The molecular weight excluding hydrogens is 214 g/mol. The van der Waals surface area contributed by atoms with Crippen molar-refractivity contribution in [1.29, 1.82) is 0 Å². The zero-order chi connectivity index (χ0) is 11.3. The molecule has 0 fully saturated rings. The first kappa shape index (κ1) is 11.6. The van der Waals surface area contributed by atoms with E-state index in [1.54, 1.807) is 0 Å². The van der Waals surface area contributed by atoms with Gasteiger partial charge in [-0.05, 0) is 17.4 Å². The zero-order valence-electron chi connectivity index (χ0n) is 8.57. The minimum atomic E-state index is -0.450. The summed E-state index contributed by atoms with van der Waals surface area (Å²) < 4.78 is 4.65. The van der Waals surface area contributed by atoms with E-state index in [1.165, 1.54) is 24.5 Å². The number of isocyanates is 1. The highest BCUT2D eigenvalue weighted by Crippen LogP contribution is 2.31. The van der Waals surface area contributed by atoms with E-state index >= 15 is 0 Å². The predicted octanol–water partition coefficient (Wildman–Crippen LogP) is 2.45. The molecule has 1 aromatic heterocycles. The average molecular weight is 225 g/mol. The van der Waals surface area contributed by atoms with E-state index in [0.29, 0.717) is 10.6 Å². The molecule has 0 spiro atoms. The third-order valence-electron chi connectivity index (χ3n) is 1.90. The van der Waals surface area contributed by atoms with Crippen molar-refractivity contribution < 1.29 is 14.3 Å². The quantitative estimate of drug-likeness (QED) is 0.449. The number of hydrogen-bond acceptors (Lipinski definition) is 5. The van der Waals surface area contributed by atoms with Crippen LogP contribution in [-0.2, 0) is 16.0 Å². The SMILES string of the molecule is CCCc1csc(N=C=O)c1C(=O)OC. The first-order valence-corrected chi connectivity index (χ1v) is 5.39. The van der Waals surface area contributed by atoms with Crippen molar-refractivity contribution in [3.63, 3.8) is 0 Å². The molecule has 0 amide bonds. The lowest BCUT2D eigenvalue weighted by Gasteiger charge is -2.01. The van der Waals surface area contributed by atoms with Crippen molar-refractivity contribution in [3.8, 4) is 0 Å². The molecule has 0 radical (unpaired) electrons. The van der Waals surface area contributed by atoms with Crippen LogP contribution < -0.4 is 0 Å². The molecule has 0 unspecified atom stereocenters. The number of rotatable bonds is 4. The summed E-state index contributed by atoms with van der Waals surface area (Å²) >= 11 is 1.25. The van der Waals surface area contributed by atoms with Gasteiger partial charge >= 0.3 is 5.97 Å². The van der Waals surface area contributed by atoms with Gasteiger partial charge in [-0.2, -0.15) is 4.99 Å². The van der Waals surface area contributed by atoms with Gasteiger partial charge in [0.25, 0.3) is 0 Å². The second kappa shape index (κ2) is 5.44. The molecule has 80 valence electrons. The second-order valence-electron chi connectivity index (χ2n) is 2.89. The summed E-state index contributed by atoms with van der Waals surface area (Å²) in [5, 5.41) is 2.20. The fraction of sp³-hybridized carbons (Fsp3) is 0.400. The van der Waals surface area contributed by atoms with Crippen LogP contribution in [0.1, 0.15) is 29.3 Å². The van der Waals surface area contributed by atoms with Gasteiger partial charge in [0, 0.05) is 0 Å². The number of thiophene rings is 1. The van der Waals surface area contributed by atoms with Crippen LogP contribution in [-0.4, -0.2) is 19.2 Å². The van der Waals surface area contributed by atoms with E-state index in [2.05, 4.69) is 9.73 Å². The number of carbonyl (C=O) groups excluding carboxylic acids is 2. The molecule has 1 rings (SSSR count). The Kier molecular flexibility index (Phi) is 4.21. The maximum atomic E-state index is 11.5. The van der Waals surface area contributed by atoms with Crippen molar-refractivity contribution in [2.75, 3.05) is 7.11 Å². The van der Waals surface area contributed by atoms with Crippen LogP contribution in [0.15, 0.2) is 10.4 Å². The van der Waals surface area contributed by atoms with Crippen molar-refractivity contribution in [2.24, 2.45) is 4.99 Å². The third-order valence-corrected chi connectivity index (χ3v) is 2.82. The topological polar surface area (TPSA) is 55.7 Å². The van der Waals surface area contributed by atoms with E-state index in [-0.39, 0.29) is 0 Å². The van der Waals surface area contributed by atoms with Gasteiger partial charge in [-0.15, -0.1) is 11.3 Å². The van der Waals surface area contributed by atoms with Crippen LogP contribution in [0.5, 0.6) is 0 Å². The van der Waals surface area contributed by atoms with Crippen LogP contribution in [0.2, 0.25) is 0 Å². The van der Waals surface area contributed by atoms with Gasteiger partial charge in [0.05, 0.1) is 7.11 Å². The molecule has 1 aromatic rings. The van der Waals surface area contributed by atoms with Gasteiger partial charge in [-0.25, -0.2) is 9.59 Å². The molecule has 0 aliphatic heterocycles. The molecule has 1 heterocycles. The van der Waals surface area contributed by atoms with Crippen LogP contribution in [0.4, 0.5) is 5.00 Å². The number of nitrogens with zero attached hydrogens (tertiary/aromatic N) is 1. The first-order valence-electron chi connectivity index (χ1n) is 4.51. The minimum Gasteiger partial charge on any atom is -0.465 e. The molecule has 0 bridgehead atoms. The molecule has 0 saturated carbocycles. The maximum Gasteiger partial charge on any atom is 0.341 e. The summed E-state index contributed by atoms with van der Waals surface area (Å²) in [7, 11) is 1.31. The lowest BCUT2D eigenvalue weighted by molar-refractivity contribution is 0.0601. The maximum absolute atomic E-state index is 11.5. The lowest BCUT2D eigenvalue weighted by atomic mass is 10.1. The molecule has 0 aliphatic carbocycles. The summed E-state index contributed by atoms with van der Waals surface area (Å²) in [5.41, 5.74) is 1.27. The number of carbonyl (C=O) groups is 1. The van der Waals surface area contributed by atoms with Gasteiger partial charge < -0.3 is 4.74 Å². The second-order valence-corrected chi connectivity index (χ2v) is 3.74. The molecule has 4 nitrogen and oxygen atoms in total. The Morgan fingerprint density at radius 1 is 1.67 bits per heavy atom. The molecule has 0 N–H and O–H groups in total. The van der Waals surface area contributed by atoms with E-state index in [9.17, 15) is 9.59 Å². The number of hydrogen-bond donors (Lipinski definition) is 0. The van der Waals surface area contributed by atoms with Crippen LogP contribution >= 0.6 is 11.3 Å². The number of methoxy groups -OCH3 is 1. The summed E-state index contributed by atoms with van der Waals surface area (Å²) in [6.45, 7) is 2.02. The predicted molar refractivity (Wildman–Crippen MR) is 57.4 cm³/mol. The van der Waals surface area contributed by atoms with Crippen LogP contribution in [0.25, 0.3) is 0 Å². The monoisotopic (exact) mass is 225 g/mol. The van der Waals surface area contributed by atoms with Crippen molar-refractivity contribution in [3.05, 3.63) is 16.5 Å². The Hall–Kier alpha value is -1.45. The van der Waals surface area contributed by atoms with Crippen molar-refractivity contribution in [1.82, 2.24) is 0 Å². The van der Waals surface area contributed by atoms with Crippen LogP contribution in [0.3, 0.4) is 0 Å². The van der Waals surface area contributed by atoms with Gasteiger partial charge in [-0.3, -0.25) is 0 Å². The number of aliphatic imine (C=N–C) groups is 1. The summed E-state index contributed by atoms with van der Waals surface area (Å²) in [4.78, 5) is 25.1. The smallest absolute Gasteiger partial charge is 0.341 e. The lowest BCUT2D eigenvalue weighted by Crippen LogP contribution is -2.03. The molecule has 5 heteroatoms. The Morgan fingerprint density at radius 3 is 2.93 bits per heavy atom. The van der Waals surface area contributed by atoms with Crippen LogP contribution in [0, 0.1) is 0 Å². The third kappa shape index (κ3) is 2.52. The molecular formula is C10H11NO3S. The summed E-state index contributed by atoms with van der Waals surface area (Å²) in [6, 6.07) is 0. The van der Waals surface area contributed by atoms with E-state index in [0.717, 1.165) is 18.4 Å². The first-order chi connectivity index (χ1) is 7.24. The highest BCUT2D eigenvalue weighted by atomic mass is 32.1. The number of ether oxygens (including phenoxy) is 1. The fourth-order valence-corrected chi connectivity index (χ4v) is 2.19. The highest BCUT2D eigenvalue weighted by molar-refractivity contribution is 7.14. The largest absolute Gasteiger partial charge is 0.465 e. The Morgan fingerprint density at radius 2 is 2.40 bits per heavy atom. The molecule has 0 aliphatic rings. The fourth-order valence-electron chi connectivity index (χ4n) is 1.28. The van der Waals surface area contributed by atoms with Crippen molar-refractivity contribution in [2.45, 2.75) is 19.8 Å². The Balaban J connectivity index is 3.19. The Labute approximate surface area is 91.6 Å². The normalized spacial score (nSPS) is 9.47. The van der Waals surface area contributed by atoms with Gasteiger partial charge in [0.2, 0.25) is 6.08 Å². The van der Waals surface area contributed by atoms with Gasteiger partial charge in [0.1, 0.15) is 10.6 Å². The van der Waals surface area contributed by atoms with E-state index in [1.807, 2.05) is 12.3 Å². The number of esters is 1. The Bertz CT molecular complexity index is 405. The molecule has 15 heavy (non-hydrogen) atoms. The standard InChI is InChI=1S/C10H11NO3S/c1-3-4-7-5-15-9(11-6-12)8(7)10(13)14-2/h5H,3-4H2,1-2H3. The summed E-state index contributed by atoms with van der Waals surface area (Å²) in [6.07, 6.45) is 3.13. The van der Waals surface area contributed by atoms with Crippen molar-refractivity contribution >= 4 is 28.4 Å². The number of aryl methyl sites for hydroxylation is 1. The molecule has 0 aromatic carbocycles. The van der Waals surface area contributed by atoms with E-state index < -0.39 is 5.97 Å². The van der Waals surface area contributed by atoms with E-state index in [4.69, 9.17) is 0 Å². The molecule has 0 atom stereocenters. The zero-order valence-corrected chi connectivity index (χ0v) is 9.39. The average Bonchev–Trinajstić information content (AvgIpc) is 2.62. The summed E-state index contributed by atoms with van der Waals surface area (Å²) in [5.74, 6) is -0.450. The van der Waals surface area contributed by atoms with Gasteiger partial charge in [-0.1, -0.05) is 13.3 Å². The highest BCUT2D eigenvalue weighted by Gasteiger charge is 2.18. The van der Waals surface area contributed by atoms with Gasteiger partial charge in [0.15, 0.2) is 0 Å². The molecule has 0 saturated heterocycles.